The van der Waals surface area contributed by atoms with Crippen LogP contribution in [0.5, 0.6) is 0 Å². The number of hydrogen-bond acceptors (Lipinski definition) is 5. The van der Waals surface area contributed by atoms with Crippen LogP contribution in [0.4, 0.5) is 8.78 Å². The van der Waals surface area contributed by atoms with Gasteiger partial charge in [0.15, 0.2) is 6.10 Å². The molecule has 5 nitrogen and oxygen atoms in total. The van der Waals surface area contributed by atoms with Crippen LogP contribution in [-0.2, 0) is 14.2 Å². The first kappa shape index (κ1) is 18.0. The largest absolute Gasteiger partial charge is 0.459 e. The number of ether oxygens (including phenoxy) is 3. The molecule has 3 rings (SSSR count). The lowest BCUT2D eigenvalue weighted by Crippen LogP contribution is -2.42. The Balaban J connectivity index is 1.64. The topological polar surface area (TPSA) is 61.8 Å². The molecule has 1 saturated heterocycles. The van der Waals surface area contributed by atoms with E-state index in [-0.39, 0.29) is 11.1 Å². The summed E-state index contributed by atoms with van der Waals surface area (Å²) in [5.41, 5.74) is 0.435. The average molecular weight is 362 g/mol. The van der Waals surface area contributed by atoms with Crippen molar-refractivity contribution >= 4 is 11.9 Å². The number of benzene rings is 2. The molecule has 0 aliphatic carbocycles. The molecule has 1 aliphatic rings. The van der Waals surface area contributed by atoms with Gasteiger partial charge in [-0.2, -0.15) is 8.78 Å². The van der Waals surface area contributed by atoms with Crippen molar-refractivity contribution < 1.29 is 32.6 Å². The zero-order valence-electron chi connectivity index (χ0n) is 13.6. The first-order chi connectivity index (χ1) is 12.5. The smallest absolute Gasteiger partial charge is 0.338 e. The normalized spacial score (nSPS) is 21.2. The number of carbonyl (C=O) groups is 2. The molecule has 0 radical (unpaired) electrons. The minimum atomic E-state index is -3.37. The highest BCUT2D eigenvalue weighted by Crippen LogP contribution is 2.33. The van der Waals surface area contributed by atoms with Gasteiger partial charge in [0.1, 0.15) is 19.3 Å². The molecule has 26 heavy (non-hydrogen) atoms. The molecule has 0 amide bonds. The maximum absolute atomic E-state index is 14.0. The van der Waals surface area contributed by atoms with Crippen molar-refractivity contribution in [2.24, 2.45) is 0 Å². The van der Waals surface area contributed by atoms with Gasteiger partial charge in [0.25, 0.3) is 0 Å². The van der Waals surface area contributed by atoms with Crippen LogP contribution >= 0.6 is 0 Å². The molecule has 136 valence electrons. The summed E-state index contributed by atoms with van der Waals surface area (Å²) in [6, 6.07) is 15.9. The third-order valence-corrected chi connectivity index (χ3v) is 3.88. The molecule has 0 saturated carbocycles. The van der Waals surface area contributed by atoms with Crippen molar-refractivity contribution in [2.45, 2.75) is 18.1 Å². The van der Waals surface area contributed by atoms with Crippen LogP contribution in [0.2, 0.25) is 0 Å². The molecular formula is C19H16F2O5. The number of rotatable bonds is 5. The highest BCUT2D eigenvalue weighted by atomic mass is 19.3. The van der Waals surface area contributed by atoms with Gasteiger partial charge in [-0.25, -0.2) is 9.59 Å². The van der Waals surface area contributed by atoms with E-state index in [0.29, 0.717) is 0 Å². The van der Waals surface area contributed by atoms with E-state index in [1.807, 2.05) is 0 Å². The van der Waals surface area contributed by atoms with Crippen molar-refractivity contribution in [1.82, 2.24) is 0 Å². The number of halogens is 2. The first-order valence-corrected chi connectivity index (χ1v) is 7.95. The second-order valence-corrected chi connectivity index (χ2v) is 5.77. The van der Waals surface area contributed by atoms with E-state index >= 15 is 0 Å². The van der Waals surface area contributed by atoms with Gasteiger partial charge in [-0.15, -0.1) is 0 Å². The maximum atomic E-state index is 14.0. The molecule has 1 heterocycles. The van der Waals surface area contributed by atoms with Gasteiger partial charge in [0.05, 0.1) is 11.1 Å². The van der Waals surface area contributed by atoms with Crippen LogP contribution in [0, 0.1) is 0 Å². The van der Waals surface area contributed by atoms with Crippen molar-refractivity contribution in [3.8, 4) is 0 Å². The van der Waals surface area contributed by atoms with Gasteiger partial charge in [0, 0.05) is 0 Å². The predicted molar refractivity (Wildman–Crippen MR) is 87.1 cm³/mol. The Morgan fingerprint density at radius 3 is 2.08 bits per heavy atom. The average Bonchev–Trinajstić information content (AvgIpc) is 2.95. The van der Waals surface area contributed by atoms with Crippen molar-refractivity contribution in [3.05, 3.63) is 71.8 Å². The number of carbonyl (C=O) groups excluding carboxylic acids is 2. The van der Waals surface area contributed by atoms with Gasteiger partial charge < -0.3 is 14.2 Å². The lowest BCUT2D eigenvalue weighted by atomic mass is 10.1. The molecule has 0 N–H and O–H groups in total. The third-order valence-electron chi connectivity index (χ3n) is 3.88. The van der Waals surface area contributed by atoms with E-state index in [1.165, 1.54) is 12.1 Å². The van der Waals surface area contributed by atoms with Crippen molar-refractivity contribution in [2.75, 3.05) is 13.2 Å². The highest BCUT2D eigenvalue weighted by Gasteiger charge is 2.54. The lowest BCUT2D eigenvalue weighted by molar-refractivity contribution is -0.0948. The van der Waals surface area contributed by atoms with E-state index < -0.39 is 43.3 Å². The minimum absolute atomic E-state index is 0.148. The molecule has 2 atom stereocenters. The molecule has 0 aromatic heterocycles. The molecule has 2 aromatic carbocycles. The van der Waals surface area contributed by atoms with Gasteiger partial charge in [-0.05, 0) is 24.3 Å². The Labute approximate surface area is 148 Å². The van der Waals surface area contributed by atoms with Crippen LogP contribution in [0.25, 0.3) is 0 Å². The fourth-order valence-electron chi connectivity index (χ4n) is 2.53. The molecule has 1 fully saturated rings. The summed E-state index contributed by atoms with van der Waals surface area (Å²) in [5.74, 6) is -4.92. The molecule has 0 bridgehead atoms. The maximum Gasteiger partial charge on any atom is 0.338 e. The molecule has 2 unspecified atom stereocenters. The Morgan fingerprint density at radius 1 is 0.962 bits per heavy atom. The Kier molecular flexibility index (Phi) is 5.27. The summed E-state index contributed by atoms with van der Waals surface area (Å²) in [5, 5.41) is 0. The summed E-state index contributed by atoms with van der Waals surface area (Å²) >= 11 is 0. The second-order valence-electron chi connectivity index (χ2n) is 5.77. The Morgan fingerprint density at radius 2 is 1.50 bits per heavy atom. The van der Waals surface area contributed by atoms with Crippen LogP contribution in [-0.4, -0.2) is 43.3 Å². The quantitative estimate of drug-likeness (QED) is 0.765. The Hall–Kier alpha value is -2.80. The number of alkyl halides is 2. The fraction of sp³-hybridized carbons (Fsp3) is 0.263. The van der Waals surface area contributed by atoms with Crippen molar-refractivity contribution in [1.29, 1.82) is 0 Å². The summed E-state index contributed by atoms with van der Waals surface area (Å²) < 4.78 is 43.1. The number of hydrogen-bond donors (Lipinski definition) is 0. The minimum Gasteiger partial charge on any atom is -0.459 e. The zero-order chi connectivity index (χ0) is 18.6. The monoisotopic (exact) mass is 362 g/mol. The lowest BCUT2D eigenvalue weighted by Gasteiger charge is -2.22. The van der Waals surface area contributed by atoms with E-state index in [4.69, 9.17) is 14.2 Å². The molecule has 1 aliphatic heterocycles. The van der Waals surface area contributed by atoms with Gasteiger partial charge in [-0.1, -0.05) is 36.4 Å². The SMILES string of the molecule is O=C(OCC1OCC(F)(F)C1OC(=O)c1ccccc1)c1ccccc1. The molecule has 7 heteroatoms. The van der Waals surface area contributed by atoms with Crippen LogP contribution in [0.15, 0.2) is 60.7 Å². The first-order valence-electron chi connectivity index (χ1n) is 7.95. The summed E-state index contributed by atoms with van der Waals surface area (Å²) in [6.07, 6.45) is -3.08. The second kappa shape index (κ2) is 7.61. The van der Waals surface area contributed by atoms with Gasteiger partial charge >= 0.3 is 17.9 Å². The summed E-state index contributed by atoms with van der Waals surface area (Å²) in [4.78, 5) is 24.0. The van der Waals surface area contributed by atoms with Gasteiger partial charge in [0.2, 0.25) is 0 Å². The third kappa shape index (κ3) is 4.05. The van der Waals surface area contributed by atoms with Gasteiger partial charge in [-0.3, -0.25) is 0 Å². The standard InChI is InChI=1S/C19H16F2O5/c20-19(21)12-25-15(11-24-17(22)13-7-3-1-4-8-13)16(19)26-18(23)14-9-5-2-6-10-14/h1-10,15-16H,11-12H2. The summed E-state index contributed by atoms with van der Waals surface area (Å²) in [7, 11) is 0. The summed E-state index contributed by atoms with van der Waals surface area (Å²) in [6.45, 7) is -1.36. The van der Waals surface area contributed by atoms with E-state index in [2.05, 4.69) is 0 Å². The van der Waals surface area contributed by atoms with Crippen LogP contribution in [0.3, 0.4) is 0 Å². The molecular weight excluding hydrogens is 346 g/mol. The van der Waals surface area contributed by atoms with Crippen LogP contribution in [0.1, 0.15) is 20.7 Å². The number of esters is 2. The van der Waals surface area contributed by atoms with Crippen LogP contribution < -0.4 is 0 Å². The van der Waals surface area contributed by atoms with E-state index in [1.54, 1.807) is 48.5 Å². The van der Waals surface area contributed by atoms with Crippen molar-refractivity contribution in [3.63, 3.8) is 0 Å². The fourth-order valence-corrected chi connectivity index (χ4v) is 2.53. The molecule has 0 spiro atoms. The van der Waals surface area contributed by atoms with E-state index in [9.17, 15) is 18.4 Å². The van der Waals surface area contributed by atoms with E-state index in [0.717, 1.165) is 0 Å². The predicted octanol–water partition coefficient (Wildman–Crippen LogP) is 3.10. The highest BCUT2D eigenvalue weighted by molar-refractivity contribution is 5.90. The molecule has 2 aromatic rings. The Bertz CT molecular complexity index is 764. The zero-order valence-corrected chi connectivity index (χ0v) is 13.6.